The lowest BCUT2D eigenvalue weighted by molar-refractivity contribution is -0.255. The summed E-state index contributed by atoms with van der Waals surface area (Å²) in [6.07, 6.45) is 0.809. The van der Waals surface area contributed by atoms with E-state index in [9.17, 15) is 13.2 Å². The van der Waals surface area contributed by atoms with E-state index in [0.717, 1.165) is 39.0 Å². The minimum Gasteiger partial charge on any atom is -0.381 e. The van der Waals surface area contributed by atoms with Crippen LogP contribution in [0.25, 0.3) is 0 Å². The summed E-state index contributed by atoms with van der Waals surface area (Å²) in [6, 6.07) is 0. The van der Waals surface area contributed by atoms with Gasteiger partial charge in [-0.05, 0) is 13.3 Å². The molecule has 0 fully saturated rings. The zero-order valence-corrected chi connectivity index (χ0v) is 9.53. The summed E-state index contributed by atoms with van der Waals surface area (Å²) in [5.74, 6) is 0. The molecule has 0 aromatic carbocycles. The van der Waals surface area contributed by atoms with Gasteiger partial charge in [-0.15, -0.1) is 0 Å². The van der Waals surface area contributed by atoms with Crippen LogP contribution in [0.15, 0.2) is 0 Å². The van der Waals surface area contributed by atoms with E-state index < -0.39 is 11.8 Å². The van der Waals surface area contributed by atoms with Crippen LogP contribution in [0.5, 0.6) is 0 Å². The van der Waals surface area contributed by atoms with Crippen LogP contribution >= 0.6 is 0 Å². The van der Waals surface area contributed by atoms with Gasteiger partial charge in [0.15, 0.2) is 5.60 Å². The summed E-state index contributed by atoms with van der Waals surface area (Å²) in [7, 11) is 0. The summed E-state index contributed by atoms with van der Waals surface area (Å²) in [5, 5.41) is 9.13. The number of hydrogen-bond acceptors (Lipinski definition) is 1. The summed E-state index contributed by atoms with van der Waals surface area (Å²) >= 11 is 0. The lowest BCUT2D eigenvalue weighted by Gasteiger charge is -2.26. The van der Waals surface area contributed by atoms with Crippen molar-refractivity contribution in [2.24, 2.45) is 0 Å². The Hall–Kier alpha value is -0.250. The maximum Gasteiger partial charge on any atom is 0.416 e. The molecule has 0 radical (unpaired) electrons. The third kappa shape index (κ3) is 6.03. The van der Waals surface area contributed by atoms with Gasteiger partial charge in [-0.1, -0.05) is 45.4 Å². The quantitative estimate of drug-likeness (QED) is 0.649. The summed E-state index contributed by atoms with van der Waals surface area (Å²) < 4.78 is 36.6. The first-order chi connectivity index (χ1) is 6.81. The standard InChI is InChI=1S/C11H21F3O/c1-3-4-5-6-7-8-9-10(2,15)11(12,13)14/h15H,3-9H2,1-2H3. The van der Waals surface area contributed by atoms with Gasteiger partial charge < -0.3 is 5.11 Å². The molecular formula is C11H21F3O. The first-order valence-electron chi connectivity index (χ1n) is 5.60. The third-order valence-electron chi connectivity index (χ3n) is 2.63. The van der Waals surface area contributed by atoms with Crippen molar-refractivity contribution in [1.82, 2.24) is 0 Å². The van der Waals surface area contributed by atoms with Crippen LogP contribution in [0.4, 0.5) is 13.2 Å². The highest BCUT2D eigenvalue weighted by Gasteiger charge is 2.48. The van der Waals surface area contributed by atoms with E-state index in [4.69, 9.17) is 5.11 Å². The maximum absolute atomic E-state index is 12.2. The highest BCUT2D eigenvalue weighted by atomic mass is 19.4. The maximum atomic E-state index is 12.2. The smallest absolute Gasteiger partial charge is 0.381 e. The van der Waals surface area contributed by atoms with Crippen LogP contribution < -0.4 is 0 Å². The number of hydrogen-bond donors (Lipinski definition) is 1. The van der Waals surface area contributed by atoms with Gasteiger partial charge in [0.05, 0.1) is 0 Å². The van der Waals surface area contributed by atoms with Crippen molar-refractivity contribution in [3.05, 3.63) is 0 Å². The Labute approximate surface area is 89.7 Å². The van der Waals surface area contributed by atoms with Gasteiger partial charge in [-0.25, -0.2) is 0 Å². The molecule has 92 valence electrons. The molecule has 0 aliphatic heterocycles. The van der Waals surface area contributed by atoms with Crippen LogP contribution in [-0.4, -0.2) is 16.9 Å². The van der Waals surface area contributed by atoms with Gasteiger partial charge in [0.1, 0.15) is 0 Å². The van der Waals surface area contributed by atoms with Crippen molar-refractivity contribution in [3.8, 4) is 0 Å². The Kier molecular flexibility index (Phi) is 6.25. The largest absolute Gasteiger partial charge is 0.416 e. The molecule has 0 heterocycles. The second-order valence-corrected chi connectivity index (χ2v) is 4.29. The number of alkyl halides is 3. The molecule has 0 aliphatic rings. The van der Waals surface area contributed by atoms with Gasteiger partial charge in [0, 0.05) is 0 Å². The lowest BCUT2D eigenvalue weighted by atomic mass is 9.97. The van der Waals surface area contributed by atoms with Gasteiger partial charge >= 0.3 is 6.18 Å². The van der Waals surface area contributed by atoms with Crippen molar-refractivity contribution in [2.45, 2.75) is 70.6 Å². The number of unbranched alkanes of at least 4 members (excludes halogenated alkanes) is 5. The molecule has 4 heteroatoms. The van der Waals surface area contributed by atoms with Gasteiger partial charge in [0.2, 0.25) is 0 Å². The Morgan fingerprint density at radius 2 is 1.40 bits per heavy atom. The monoisotopic (exact) mass is 226 g/mol. The average Bonchev–Trinajstić information content (AvgIpc) is 2.09. The molecule has 1 atom stereocenters. The summed E-state index contributed by atoms with van der Waals surface area (Å²) in [5.41, 5.74) is -2.52. The van der Waals surface area contributed by atoms with Crippen molar-refractivity contribution in [1.29, 1.82) is 0 Å². The van der Waals surface area contributed by atoms with E-state index in [-0.39, 0.29) is 6.42 Å². The van der Waals surface area contributed by atoms with Crippen molar-refractivity contribution < 1.29 is 18.3 Å². The molecule has 15 heavy (non-hydrogen) atoms. The normalized spacial score (nSPS) is 16.4. The van der Waals surface area contributed by atoms with Crippen molar-refractivity contribution >= 4 is 0 Å². The molecule has 1 unspecified atom stereocenters. The Balaban J connectivity index is 3.58. The van der Waals surface area contributed by atoms with E-state index in [2.05, 4.69) is 6.92 Å². The minimum absolute atomic E-state index is 0.192. The second-order valence-electron chi connectivity index (χ2n) is 4.29. The molecule has 0 aliphatic carbocycles. The molecule has 0 saturated carbocycles. The first-order valence-corrected chi connectivity index (χ1v) is 5.60. The van der Waals surface area contributed by atoms with Crippen LogP contribution in [0.2, 0.25) is 0 Å². The summed E-state index contributed by atoms with van der Waals surface area (Å²) in [4.78, 5) is 0. The molecule has 0 amide bonds. The van der Waals surface area contributed by atoms with Crippen LogP contribution in [0, 0.1) is 0 Å². The number of halogens is 3. The molecule has 0 bridgehead atoms. The van der Waals surface area contributed by atoms with Gasteiger partial charge in [-0.3, -0.25) is 0 Å². The highest BCUT2D eigenvalue weighted by molar-refractivity contribution is 4.80. The highest BCUT2D eigenvalue weighted by Crippen LogP contribution is 2.33. The van der Waals surface area contributed by atoms with Crippen LogP contribution in [0.1, 0.15) is 58.8 Å². The fourth-order valence-corrected chi connectivity index (χ4v) is 1.39. The van der Waals surface area contributed by atoms with E-state index in [1.807, 2.05) is 0 Å². The SMILES string of the molecule is CCCCCCCCC(C)(O)C(F)(F)F. The topological polar surface area (TPSA) is 20.2 Å². The Morgan fingerprint density at radius 3 is 1.87 bits per heavy atom. The molecule has 0 rings (SSSR count). The number of rotatable bonds is 7. The minimum atomic E-state index is -4.50. The molecule has 0 aromatic heterocycles. The Morgan fingerprint density at radius 1 is 0.933 bits per heavy atom. The van der Waals surface area contributed by atoms with Crippen LogP contribution in [-0.2, 0) is 0 Å². The second kappa shape index (κ2) is 6.36. The van der Waals surface area contributed by atoms with Crippen molar-refractivity contribution in [3.63, 3.8) is 0 Å². The van der Waals surface area contributed by atoms with Gasteiger partial charge in [-0.2, -0.15) is 13.2 Å². The zero-order valence-electron chi connectivity index (χ0n) is 9.53. The average molecular weight is 226 g/mol. The van der Waals surface area contributed by atoms with Crippen LogP contribution in [0.3, 0.4) is 0 Å². The lowest BCUT2D eigenvalue weighted by Crippen LogP contribution is -2.41. The zero-order chi connectivity index (χ0) is 11.9. The fraction of sp³-hybridized carbons (Fsp3) is 1.00. The van der Waals surface area contributed by atoms with Crippen molar-refractivity contribution in [2.75, 3.05) is 0 Å². The van der Waals surface area contributed by atoms with E-state index >= 15 is 0 Å². The third-order valence-corrected chi connectivity index (χ3v) is 2.63. The van der Waals surface area contributed by atoms with E-state index in [1.165, 1.54) is 0 Å². The molecule has 0 spiro atoms. The number of aliphatic hydroxyl groups is 1. The summed E-state index contributed by atoms with van der Waals surface area (Å²) in [6.45, 7) is 2.94. The van der Waals surface area contributed by atoms with Gasteiger partial charge in [0.25, 0.3) is 0 Å². The molecule has 1 N–H and O–H groups in total. The molecular weight excluding hydrogens is 205 g/mol. The molecule has 0 aromatic rings. The van der Waals surface area contributed by atoms with E-state index in [1.54, 1.807) is 0 Å². The first kappa shape index (κ1) is 14.8. The molecule has 1 nitrogen and oxygen atoms in total. The predicted octanol–water partition coefficient (Wildman–Crippen LogP) is 4.05. The predicted molar refractivity (Wildman–Crippen MR) is 54.7 cm³/mol. The molecule has 0 saturated heterocycles. The fourth-order valence-electron chi connectivity index (χ4n) is 1.39. The van der Waals surface area contributed by atoms with E-state index in [0.29, 0.717) is 6.42 Å². The Bertz CT molecular complexity index is 164.